The number of rotatable bonds is 2. The van der Waals surface area contributed by atoms with E-state index in [4.69, 9.17) is 16.3 Å². The maximum absolute atomic E-state index is 11.2. The third-order valence-electron chi connectivity index (χ3n) is 3.82. The van der Waals surface area contributed by atoms with E-state index in [0.717, 1.165) is 37.9 Å². The predicted molar refractivity (Wildman–Crippen MR) is 100.0 cm³/mol. The Bertz CT molecular complexity index is 985. The first-order chi connectivity index (χ1) is 11.6. The van der Waals surface area contributed by atoms with Gasteiger partial charge in [0.15, 0.2) is 5.78 Å². The number of hydrogen-bond acceptors (Lipinski definition) is 3. The molecule has 118 valence electrons. The van der Waals surface area contributed by atoms with Gasteiger partial charge in [0.25, 0.3) is 0 Å². The Morgan fingerprint density at radius 3 is 2.67 bits per heavy atom. The standard InChI is InChI=1S/C20H13ClO2S/c1-12(22)6-8-14-11-16-15-4-2-3-5-18(15)23-19-9-7-13(21)10-17(19)20(16)24-14/h2-11H,1H3. The van der Waals surface area contributed by atoms with Crippen LogP contribution in [0.4, 0.5) is 0 Å². The molecule has 4 heteroatoms. The van der Waals surface area contributed by atoms with Crippen LogP contribution in [0.5, 0.6) is 11.5 Å². The lowest BCUT2D eigenvalue weighted by Crippen LogP contribution is -1.85. The highest BCUT2D eigenvalue weighted by Crippen LogP contribution is 2.50. The highest BCUT2D eigenvalue weighted by atomic mass is 35.5. The van der Waals surface area contributed by atoms with Crippen LogP contribution in [0.3, 0.4) is 0 Å². The zero-order valence-corrected chi connectivity index (χ0v) is 14.4. The monoisotopic (exact) mass is 352 g/mol. The van der Waals surface area contributed by atoms with Crippen LogP contribution < -0.4 is 4.74 Å². The summed E-state index contributed by atoms with van der Waals surface area (Å²) in [5.41, 5.74) is 3.11. The van der Waals surface area contributed by atoms with Crippen LogP contribution in [0.1, 0.15) is 11.8 Å². The summed E-state index contributed by atoms with van der Waals surface area (Å²) in [7, 11) is 0. The summed E-state index contributed by atoms with van der Waals surface area (Å²) in [5.74, 6) is 1.64. The zero-order valence-electron chi connectivity index (χ0n) is 12.9. The molecule has 0 atom stereocenters. The highest BCUT2D eigenvalue weighted by molar-refractivity contribution is 7.17. The Kier molecular flexibility index (Phi) is 3.75. The maximum Gasteiger partial charge on any atom is 0.152 e. The number of thiophene rings is 1. The molecule has 0 saturated heterocycles. The van der Waals surface area contributed by atoms with Gasteiger partial charge in [-0.15, -0.1) is 11.3 Å². The summed E-state index contributed by atoms with van der Waals surface area (Å²) >= 11 is 7.84. The molecule has 2 heterocycles. The molecule has 1 aliphatic heterocycles. The molecule has 2 aromatic carbocycles. The van der Waals surface area contributed by atoms with Gasteiger partial charge in [-0.05, 0) is 49.4 Å². The second-order valence-electron chi connectivity index (χ2n) is 5.57. The van der Waals surface area contributed by atoms with Crippen molar-refractivity contribution >= 4 is 34.8 Å². The fourth-order valence-corrected chi connectivity index (χ4v) is 4.03. The van der Waals surface area contributed by atoms with Crippen LogP contribution in [-0.2, 0) is 4.79 Å². The first-order valence-electron chi connectivity index (χ1n) is 7.51. The van der Waals surface area contributed by atoms with Crippen LogP contribution in [0.15, 0.2) is 54.6 Å². The molecule has 0 aliphatic carbocycles. The SMILES string of the molecule is CC(=O)C=Cc1cc2c(s1)-c1cc(Cl)ccc1Oc1ccccc1-2. The van der Waals surface area contributed by atoms with Gasteiger partial charge in [-0.3, -0.25) is 4.79 Å². The smallest absolute Gasteiger partial charge is 0.152 e. The van der Waals surface area contributed by atoms with Gasteiger partial charge in [0.1, 0.15) is 11.5 Å². The van der Waals surface area contributed by atoms with Crippen molar-refractivity contribution in [3.63, 3.8) is 0 Å². The molecular weight excluding hydrogens is 340 g/mol. The lowest BCUT2D eigenvalue weighted by atomic mass is 10.0. The zero-order chi connectivity index (χ0) is 16.7. The molecule has 0 radical (unpaired) electrons. The molecule has 0 saturated carbocycles. The van der Waals surface area contributed by atoms with Crippen molar-refractivity contribution in [3.8, 4) is 33.1 Å². The molecule has 0 bridgehead atoms. The third kappa shape index (κ3) is 2.66. The van der Waals surface area contributed by atoms with Crippen LogP contribution in [-0.4, -0.2) is 5.78 Å². The van der Waals surface area contributed by atoms with Crippen LogP contribution in [0, 0.1) is 0 Å². The first-order valence-corrected chi connectivity index (χ1v) is 8.71. The van der Waals surface area contributed by atoms with Crippen molar-refractivity contribution in [2.45, 2.75) is 6.92 Å². The van der Waals surface area contributed by atoms with Gasteiger partial charge >= 0.3 is 0 Å². The number of hydrogen-bond donors (Lipinski definition) is 0. The van der Waals surface area contributed by atoms with Crippen molar-refractivity contribution in [3.05, 3.63) is 64.5 Å². The number of ketones is 1. The first kappa shape index (κ1) is 15.2. The normalized spacial score (nSPS) is 12.1. The van der Waals surface area contributed by atoms with E-state index in [1.54, 1.807) is 24.3 Å². The molecule has 2 nitrogen and oxygen atoms in total. The summed E-state index contributed by atoms with van der Waals surface area (Å²) in [5, 5.41) is 0.670. The van der Waals surface area contributed by atoms with E-state index in [-0.39, 0.29) is 5.78 Å². The van der Waals surface area contributed by atoms with Gasteiger partial charge in [0, 0.05) is 31.5 Å². The molecule has 1 aliphatic rings. The van der Waals surface area contributed by atoms with Gasteiger partial charge in [-0.2, -0.15) is 0 Å². The number of carbonyl (C=O) groups is 1. The molecule has 4 rings (SSSR count). The molecule has 3 aromatic rings. The molecule has 0 amide bonds. The number of para-hydroxylation sites is 1. The van der Waals surface area contributed by atoms with Gasteiger partial charge in [0.2, 0.25) is 0 Å². The molecular formula is C20H13ClO2S. The number of carbonyl (C=O) groups excluding carboxylic acids is 1. The average Bonchev–Trinajstić information content (AvgIpc) is 2.94. The van der Waals surface area contributed by atoms with Crippen molar-refractivity contribution in [2.75, 3.05) is 0 Å². The molecule has 0 N–H and O–H groups in total. The second kappa shape index (κ2) is 5.93. The number of fused-ring (bicyclic) bond motifs is 5. The van der Waals surface area contributed by atoms with E-state index in [2.05, 4.69) is 6.07 Å². The van der Waals surface area contributed by atoms with E-state index in [1.165, 1.54) is 0 Å². The van der Waals surface area contributed by atoms with E-state index in [1.807, 2.05) is 48.5 Å². The minimum atomic E-state index is 0.0331. The predicted octanol–water partition coefficient (Wildman–Crippen LogP) is 6.44. The summed E-state index contributed by atoms with van der Waals surface area (Å²) in [6.45, 7) is 1.55. The fourth-order valence-electron chi connectivity index (χ4n) is 2.76. The van der Waals surface area contributed by atoms with Crippen LogP contribution in [0.25, 0.3) is 27.6 Å². The number of allylic oxidation sites excluding steroid dienone is 1. The second-order valence-corrected chi connectivity index (χ2v) is 7.09. The Labute approximate surface area is 149 Å². The fraction of sp³-hybridized carbons (Fsp3) is 0.0500. The molecule has 0 spiro atoms. The summed E-state index contributed by atoms with van der Waals surface area (Å²) in [6, 6.07) is 15.7. The van der Waals surface area contributed by atoms with Crippen molar-refractivity contribution in [2.24, 2.45) is 0 Å². The van der Waals surface area contributed by atoms with Crippen LogP contribution >= 0.6 is 22.9 Å². The van der Waals surface area contributed by atoms with Gasteiger partial charge in [-0.1, -0.05) is 29.8 Å². The van der Waals surface area contributed by atoms with Crippen molar-refractivity contribution in [1.82, 2.24) is 0 Å². The van der Waals surface area contributed by atoms with E-state index in [9.17, 15) is 4.79 Å². The van der Waals surface area contributed by atoms with Crippen LogP contribution in [0.2, 0.25) is 5.02 Å². The highest BCUT2D eigenvalue weighted by Gasteiger charge is 2.23. The quantitative estimate of drug-likeness (QED) is 0.388. The number of ether oxygens (including phenoxy) is 1. The summed E-state index contributed by atoms with van der Waals surface area (Å²) in [4.78, 5) is 13.4. The minimum absolute atomic E-state index is 0.0331. The largest absolute Gasteiger partial charge is 0.456 e. The topological polar surface area (TPSA) is 26.3 Å². The molecule has 0 unspecified atom stereocenters. The Balaban J connectivity index is 1.99. The number of halogens is 1. The lowest BCUT2D eigenvalue weighted by Gasteiger charge is -2.08. The number of benzene rings is 2. The molecule has 0 fully saturated rings. The van der Waals surface area contributed by atoms with E-state index >= 15 is 0 Å². The van der Waals surface area contributed by atoms with Crippen molar-refractivity contribution in [1.29, 1.82) is 0 Å². The Hall–Kier alpha value is -2.36. The Morgan fingerprint density at radius 1 is 1.04 bits per heavy atom. The van der Waals surface area contributed by atoms with E-state index in [0.29, 0.717) is 5.02 Å². The van der Waals surface area contributed by atoms with Crippen molar-refractivity contribution < 1.29 is 9.53 Å². The summed E-state index contributed by atoms with van der Waals surface area (Å²) < 4.78 is 6.11. The van der Waals surface area contributed by atoms with Gasteiger partial charge in [0.05, 0.1) is 0 Å². The van der Waals surface area contributed by atoms with Gasteiger partial charge < -0.3 is 4.74 Å². The Morgan fingerprint density at radius 2 is 1.83 bits per heavy atom. The molecule has 24 heavy (non-hydrogen) atoms. The summed E-state index contributed by atoms with van der Waals surface area (Å²) in [6.07, 6.45) is 3.45. The van der Waals surface area contributed by atoms with E-state index < -0.39 is 0 Å². The maximum atomic E-state index is 11.2. The third-order valence-corrected chi connectivity index (χ3v) is 5.19. The minimum Gasteiger partial charge on any atom is -0.456 e. The lowest BCUT2D eigenvalue weighted by molar-refractivity contribution is -0.112. The van der Waals surface area contributed by atoms with Gasteiger partial charge in [-0.25, -0.2) is 0 Å². The average molecular weight is 353 g/mol. The molecule has 1 aromatic heterocycles.